The number of halogens is 2. The van der Waals surface area contributed by atoms with Crippen molar-refractivity contribution in [3.63, 3.8) is 0 Å². The van der Waals surface area contributed by atoms with Crippen LogP contribution in [0.15, 0.2) is 156 Å². The second-order valence-electron chi connectivity index (χ2n) is 19.6. The summed E-state index contributed by atoms with van der Waals surface area (Å²) >= 11 is 0. The molecule has 8 aromatic rings. The Labute approximate surface area is 484 Å². The summed E-state index contributed by atoms with van der Waals surface area (Å²) in [7, 11) is 4.17. The number of aliphatic carboxylic acids is 1. The number of ether oxygens (including phenoxy) is 3. The predicted octanol–water partition coefficient (Wildman–Crippen LogP) is 6.35. The molecule has 0 saturated carbocycles. The number of rotatable bonds is 20. The van der Waals surface area contributed by atoms with Crippen LogP contribution < -0.4 is 50.1 Å². The van der Waals surface area contributed by atoms with Gasteiger partial charge in [-0.1, -0.05) is 100 Å². The fraction of sp³-hybridized carbons (Fsp3) is 0.279. The number of carboxylic acids is 1. The van der Waals surface area contributed by atoms with Crippen LogP contribution in [0.1, 0.15) is 88.7 Å². The molecule has 18 nitrogen and oxygen atoms in total. The molecule has 2 heterocycles. The van der Waals surface area contributed by atoms with Crippen LogP contribution >= 0.6 is 0 Å². The smallest absolute Gasteiger partial charge is 0.870 e. The average Bonchev–Trinajstić information content (AvgIpc) is 3.53. The number of benzene rings is 6. The minimum atomic E-state index is -1.13. The molecule has 2 aromatic heterocycles. The molecule has 0 fully saturated rings. The summed E-state index contributed by atoms with van der Waals surface area (Å²) in [5.41, 5.74) is 2.90. The van der Waals surface area contributed by atoms with Gasteiger partial charge in [0.15, 0.2) is 0 Å². The minimum Gasteiger partial charge on any atom is -0.870 e. The van der Waals surface area contributed by atoms with Gasteiger partial charge in [0, 0.05) is 0 Å². The monoisotopic (exact) mass is 1120 g/mol. The molecule has 0 aliphatic heterocycles. The topological polar surface area (TPSA) is 272 Å². The van der Waals surface area contributed by atoms with Gasteiger partial charge >= 0.3 is 30.8 Å². The molecule has 21 heteroatoms. The normalized spacial score (nSPS) is 12.2. The second kappa shape index (κ2) is 30.3. The summed E-state index contributed by atoms with van der Waals surface area (Å²) < 4.78 is 47.8. The summed E-state index contributed by atoms with van der Waals surface area (Å²) in [5, 5.41) is 16.2. The molecule has 426 valence electrons. The summed E-state index contributed by atoms with van der Waals surface area (Å²) in [6.45, 7) is 7.77. The zero-order valence-corrected chi connectivity index (χ0v) is 46.8. The van der Waals surface area contributed by atoms with E-state index in [2.05, 4.69) is 20.6 Å². The Kier molecular flexibility index (Phi) is 24.4. The molecule has 0 aliphatic rings. The quantitative estimate of drug-likeness (QED) is 0.0555. The molecule has 0 spiro atoms. The Balaban J connectivity index is 0.000000340. The van der Waals surface area contributed by atoms with Gasteiger partial charge in [-0.15, -0.1) is 0 Å². The van der Waals surface area contributed by atoms with E-state index < -0.39 is 66.0 Å². The number of para-hydroxylation sites is 2. The van der Waals surface area contributed by atoms with Crippen molar-refractivity contribution in [3.05, 3.63) is 190 Å². The number of amides is 2. The molecular weight excluding hydrogens is 1050 g/mol. The molecule has 0 unspecified atom stereocenters. The van der Waals surface area contributed by atoms with Gasteiger partial charge in [0.2, 0.25) is 11.8 Å². The van der Waals surface area contributed by atoms with Crippen LogP contribution in [0.3, 0.4) is 0 Å². The van der Waals surface area contributed by atoms with Gasteiger partial charge < -0.3 is 40.9 Å². The van der Waals surface area contributed by atoms with E-state index in [0.29, 0.717) is 68.4 Å². The van der Waals surface area contributed by atoms with Crippen molar-refractivity contribution >= 4 is 45.6 Å². The number of nitrogens with zero attached hydrogens (tertiary/aromatic N) is 4. The largest absolute Gasteiger partial charge is 1.00 e. The number of esters is 1. The first kappa shape index (κ1) is 66.0. The van der Waals surface area contributed by atoms with Crippen molar-refractivity contribution in [3.8, 4) is 33.8 Å². The first-order chi connectivity index (χ1) is 37.9. The average molecular weight is 1120 g/mol. The number of carboxylic acid groups (broad SMARTS) is 1. The number of hydrogen-bond acceptors (Lipinski definition) is 12. The maximum Gasteiger partial charge on any atom is 1.00 e. The summed E-state index contributed by atoms with van der Waals surface area (Å²) in [6, 6.07) is 32.9. The zero-order chi connectivity index (χ0) is 56.9. The van der Waals surface area contributed by atoms with E-state index in [9.17, 15) is 42.7 Å². The first-order valence-corrected chi connectivity index (χ1v) is 25.6. The van der Waals surface area contributed by atoms with Crippen molar-refractivity contribution in [1.82, 2.24) is 29.7 Å². The van der Waals surface area contributed by atoms with Crippen molar-refractivity contribution in [2.75, 3.05) is 21.3 Å². The van der Waals surface area contributed by atoms with Crippen LogP contribution in [0.2, 0.25) is 0 Å². The van der Waals surface area contributed by atoms with E-state index >= 15 is 0 Å². The number of carbonyl (C=O) groups excluding carboxylic acids is 3. The number of carbonyl (C=O) groups is 4. The number of aromatic nitrogens is 4. The Morgan fingerprint density at radius 3 is 1.34 bits per heavy atom. The number of methoxy groups -OCH3 is 3. The number of hydrogen-bond donors (Lipinski definition) is 3. The molecule has 4 atom stereocenters. The van der Waals surface area contributed by atoms with E-state index in [0.717, 1.165) is 0 Å². The SMILES string of the molecule is COC(=O)C[C@H](NC(=O)[C@H](CC(C)C)n1cnc2ccccc2c1=O)c1cccc(-c2c(F)cccc2OC)c1.COc1cccc(F)c1-c1cccc([C@H](CC(=O)O)NC(=O)[C@H](CC(C)C)n2cnc3ccccc3c2=O)c1.O.[Li+].[OH-]. The van der Waals surface area contributed by atoms with Crippen molar-refractivity contribution in [1.29, 1.82) is 0 Å². The Morgan fingerprint density at radius 2 is 0.963 bits per heavy atom. The van der Waals surface area contributed by atoms with Crippen LogP contribution in [0.4, 0.5) is 8.78 Å². The van der Waals surface area contributed by atoms with E-state index in [1.165, 1.54) is 61.3 Å². The van der Waals surface area contributed by atoms with Crippen molar-refractivity contribution in [2.45, 2.75) is 77.5 Å². The van der Waals surface area contributed by atoms with Crippen molar-refractivity contribution in [2.24, 2.45) is 11.8 Å². The van der Waals surface area contributed by atoms with E-state index in [4.69, 9.17) is 14.2 Å². The van der Waals surface area contributed by atoms with Gasteiger partial charge in [-0.25, -0.2) is 18.7 Å². The third-order valence-corrected chi connectivity index (χ3v) is 13.2. The minimum absolute atomic E-state index is 0. The third-order valence-electron chi connectivity index (χ3n) is 13.2. The molecule has 0 saturated heterocycles. The van der Waals surface area contributed by atoms with Gasteiger partial charge in [0.1, 0.15) is 35.2 Å². The van der Waals surface area contributed by atoms with Gasteiger partial charge in [-0.05, 0) is 108 Å². The Morgan fingerprint density at radius 1 is 0.573 bits per heavy atom. The second-order valence-corrected chi connectivity index (χ2v) is 19.6. The fourth-order valence-electron chi connectivity index (χ4n) is 9.39. The van der Waals surface area contributed by atoms with Crippen LogP contribution in [0.5, 0.6) is 11.5 Å². The third kappa shape index (κ3) is 15.9. The molecule has 8 rings (SSSR count). The van der Waals surface area contributed by atoms with Crippen LogP contribution in [-0.4, -0.2) is 80.2 Å². The summed E-state index contributed by atoms with van der Waals surface area (Å²) in [6.07, 6.45) is 2.86. The Hall–Kier alpha value is -8.54. The van der Waals surface area contributed by atoms with Gasteiger partial charge in [0.25, 0.3) is 11.1 Å². The summed E-state index contributed by atoms with van der Waals surface area (Å²) in [5.74, 6) is -2.78. The molecule has 0 radical (unpaired) electrons. The number of fused-ring (bicyclic) bond motifs is 2. The molecule has 0 bridgehead atoms. The van der Waals surface area contributed by atoms with Crippen molar-refractivity contribution < 1.29 is 77.1 Å². The maximum absolute atomic E-state index is 14.8. The molecular formula is C61H65F2LiN6O12. The zero-order valence-electron chi connectivity index (χ0n) is 46.8. The standard InChI is InChI=1S/C31H32FN3O5.C30H30FN3O5.Li.2H2O/c1-19(2)15-26(35-18-33-24-13-6-5-11-22(24)31(35)38)30(37)34-25(17-28(36)40-4)20-9-7-10-21(16-20)29-23(32)12-8-14-27(29)39-3;1-18(2)14-25(34-17-32-23-12-5-4-10-21(23)30(34)38)29(37)33-24(16-27(35)36)19-8-6-9-20(15-19)28-22(31)11-7-13-26(28)39-3;;;/h5-14,16,18-19,25-26H,15,17H2,1-4H3,(H,34,37);4-13,15,17-18,24-25H,14,16H2,1-3H3,(H,33,37)(H,35,36);;2*1H2/q;;+1;;/p-1/t25-,26-;24-,25-;;;/m00.../s1. The molecule has 6 aromatic carbocycles. The van der Waals surface area contributed by atoms with Crippen LogP contribution in [0.25, 0.3) is 44.1 Å². The van der Waals surface area contributed by atoms with E-state index in [-0.39, 0.29) is 70.3 Å². The number of nitrogens with one attached hydrogen (secondary N) is 2. The van der Waals surface area contributed by atoms with Crippen LogP contribution in [-0.2, 0) is 23.9 Å². The molecule has 6 N–H and O–H groups in total. The van der Waals surface area contributed by atoms with E-state index in [1.54, 1.807) is 115 Å². The Bertz CT molecular complexity index is 3630. The maximum atomic E-state index is 14.8. The molecule has 2 amide bonds. The first-order valence-electron chi connectivity index (χ1n) is 25.6. The van der Waals surface area contributed by atoms with Crippen LogP contribution in [0, 0.1) is 23.5 Å². The predicted molar refractivity (Wildman–Crippen MR) is 302 cm³/mol. The van der Waals surface area contributed by atoms with Gasteiger partial charge in [0.05, 0.1) is 91.8 Å². The molecule has 0 aliphatic carbocycles. The summed E-state index contributed by atoms with van der Waals surface area (Å²) in [4.78, 5) is 87.0. The molecule has 82 heavy (non-hydrogen) atoms. The van der Waals surface area contributed by atoms with E-state index in [1.807, 2.05) is 27.7 Å². The fourth-order valence-corrected chi connectivity index (χ4v) is 9.39. The van der Waals surface area contributed by atoms with Gasteiger partial charge in [-0.2, -0.15) is 0 Å². The van der Waals surface area contributed by atoms with Gasteiger partial charge in [-0.3, -0.25) is 37.9 Å².